The van der Waals surface area contributed by atoms with Gasteiger partial charge in [-0.2, -0.15) is 13.2 Å². The molecule has 0 aromatic rings. The van der Waals surface area contributed by atoms with Gasteiger partial charge in [0.2, 0.25) is 5.75 Å². The van der Waals surface area contributed by atoms with Crippen molar-refractivity contribution in [1.82, 2.24) is 0 Å². The molecule has 0 N–H and O–H groups in total. The maximum absolute atomic E-state index is 11.2. The summed E-state index contributed by atoms with van der Waals surface area (Å²) in [6.45, 7) is 0. The lowest BCUT2D eigenvalue weighted by atomic mass is 10.8. The Morgan fingerprint density at radius 2 is 1.36 bits per heavy atom. The molecule has 0 heterocycles. The van der Waals surface area contributed by atoms with Crippen molar-refractivity contribution in [3.05, 3.63) is 0 Å². The number of alkyl halides is 6. The minimum absolute atomic E-state index is 2.34. The second-order valence-corrected chi connectivity index (χ2v) is 2.99. The molecule has 0 aromatic carbocycles. The van der Waals surface area contributed by atoms with Crippen LogP contribution in [-0.4, -0.2) is 22.0 Å². The summed E-state index contributed by atoms with van der Waals surface area (Å²) in [6.07, 6.45) is -5.04. The SMILES string of the molecule is [O-][S+](CC(F)(F)F)C(F)(F)F. The molecule has 11 heavy (non-hydrogen) atoms. The predicted molar refractivity (Wildman–Crippen MR) is 25.1 cm³/mol. The van der Waals surface area contributed by atoms with E-state index >= 15 is 0 Å². The lowest BCUT2D eigenvalue weighted by Gasteiger charge is -2.13. The maximum atomic E-state index is 11.2. The van der Waals surface area contributed by atoms with Crippen molar-refractivity contribution in [2.75, 3.05) is 5.75 Å². The molecule has 0 aliphatic heterocycles. The fraction of sp³-hybridized carbons (Fsp3) is 1.00. The van der Waals surface area contributed by atoms with E-state index in [0.717, 1.165) is 0 Å². The second-order valence-electron chi connectivity index (χ2n) is 1.55. The molecule has 0 fully saturated rings. The van der Waals surface area contributed by atoms with Crippen LogP contribution in [-0.2, 0) is 11.2 Å². The van der Waals surface area contributed by atoms with Crippen LogP contribution in [0.1, 0.15) is 0 Å². The number of rotatable bonds is 1. The van der Waals surface area contributed by atoms with Crippen molar-refractivity contribution in [2.45, 2.75) is 11.7 Å². The molecule has 0 aliphatic rings. The van der Waals surface area contributed by atoms with E-state index in [-0.39, 0.29) is 0 Å². The molecule has 68 valence electrons. The van der Waals surface area contributed by atoms with E-state index in [1.54, 1.807) is 0 Å². The van der Waals surface area contributed by atoms with Gasteiger partial charge in [0.1, 0.15) is 0 Å². The molecule has 1 unspecified atom stereocenters. The quantitative estimate of drug-likeness (QED) is 0.467. The van der Waals surface area contributed by atoms with Crippen molar-refractivity contribution in [3.63, 3.8) is 0 Å². The Balaban J connectivity index is 3.99. The van der Waals surface area contributed by atoms with Crippen molar-refractivity contribution in [1.29, 1.82) is 0 Å². The fourth-order valence-electron chi connectivity index (χ4n) is 0.230. The largest absolute Gasteiger partial charge is 0.609 e. The molecule has 0 rings (SSSR count). The third-order valence-corrected chi connectivity index (χ3v) is 1.66. The van der Waals surface area contributed by atoms with Gasteiger partial charge in [0.15, 0.2) is 0 Å². The average Bonchev–Trinajstić information content (AvgIpc) is 1.56. The van der Waals surface area contributed by atoms with Crippen LogP contribution in [0.2, 0.25) is 0 Å². The molecule has 0 aliphatic carbocycles. The zero-order valence-electron chi connectivity index (χ0n) is 4.79. The third-order valence-electron chi connectivity index (χ3n) is 0.553. The lowest BCUT2D eigenvalue weighted by Crippen LogP contribution is -2.33. The van der Waals surface area contributed by atoms with Gasteiger partial charge in [-0.25, -0.2) is 0 Å². The summed E-state index contributed by atoms with van der Waals surface area (Å²) in [4.78, 5) is 0. The van der Waals surface area contributed by atoms with E-state index in [9.17, 15) is 30.9 Å². The summed E-state index contributed by atoms with van der Waals surface area (Å²) in [7, 11) is 0. The molecule has 0 saturated heterocycles. The molecule has 0 aromatic heterocycles. The van der Waals surface area contributed by atoms with Gasteiger partial charge < -0.3 is 4.55 Å². The van der Waals surface area contributed by atoms with Crippen LogP contribution in [0.5, 0.6) is 0 Å². The van der Waals surface area contributed by atoms with Gasteiger partial charge in [-0.3, -0.25) is 0 Å². The Hall–Kier alpha value is -0.110. The standard InChI is InChI=1S/C3H2F6OS/c4-2(5,6)1-11(10)3(7,8)9/h1H2. The van der Waals surface area contributed by atoms with Crippen LogP contribution < -0.4 is 0 Å². The first-order valence-electron chi connectivity index (χ1n) is 2.15. The molecule has 0 saturated carbocycles. The fourth-order valence-corrected chi connectivity index (χ4v) is 0.691. The third kappa shape index (κ3) is 5.19. The Morgan fingerprint density at radius 3 is 1.45 bits per heavy atom. The van der Waals surface area contributed by atoms with Crippen LogP contribution in [0.4, 0.5) is 26.3 Å². The monoisotopic (exact) mass is 200 g/mol. The lowest BCUT2D eigenvalue weighted by molar-refractivity contribution is -0.111. The van der Waals surface area contributed by atoms with E-state index in [1.165, 1.54) is 0 Å². The van der Waals surface area contributed by atoms with Gasteiger partial charge in [-0.05, 0) is 0 Å². The Bertz CT molecular complexity index is 127. The Kier molecular flexibility index (Phi) is 3.06. The topological polar surface area (TPSA) is 23.1 Å². The van der Waals surface area contributed by atoms with E-state index in [4.69, 9.17) is 0 Å². The molecular formula is C3H2F6OS. The van der Waals surface area contributed by atoms with Gasteiger partial charge in [0.25, 0.3) is 0 Å². The van der Waals surface area contributed by atoms with Crippen LogP contribution in [0.25, 0.3) is 0 Å². The molecular weight excluding hydrogens is 198 g/mol. The van der Waals surface area contributed by atoms with Gasteiger partial charge in [0.05, 0.1) is 11.2 Å². The van der Waals surface area contributed by atoms with Gasteiger partial charge >= 0.3 is 11.7 Å². The summed E-state index contributed by atoms with van der Waals surface area (Å²) in [5, 5.41) is 0. The highest BCUT2D eigenvalue weighted by molar-refractivity contribution is 7.92. The number of hydrogen-bond donors (Lipinski definition) is 0. The van der Waals surface area contributed by atoms with Crippen molar-refractivity contribution >= 4 is 11.2 Å². The molecule has 0 bridgehead atoms. The summed E-state index contributed by atoms with van der Waals surface area (Å²) in [5.74, 6) is -2.34. The van der Waals surface area contributed by atoms with Crippen molar-refractivity contribution in [3.8, 4) is 0 Å². The van der Waals surface area contributed by atoms with E-state index in [0.29, 0.717) is 0 Å². The predicted octanol–water partition coefficient (Wildman–Crippen LogP) is 1.82. The zero-order chi connectivity index (χ0) is 9.28. The van der Waals surface area contributed by atoms with Crippen LogP contribution in [0, 0.1) is 0 Å². The molecule has 8 heteroatoms. The highest BCUT2D eigenvalue weighted by Crippen LogP contribution is 2.29. The molecule has 0 spiro atoms. The summed E-state index contributed by atoms with van der Waals surface area (Å²) >= 11 is -3.83. The normalized spacial score (nSPS) is 16.6. The first-order chi connectivity index (χ1) is 4.63. The second kappa shape index (κ2) is 3.10. The zero-order valence-corrected chi connectivity index (χ0v) is 5.61. The van der Waals surface area contributed by atoms with Crippen LogP contribution >= 0.6 is 0 Å². The summed E-state index contributed by atoms with van der Waals surface area (Å²) in [6, 6.07) is 0. The van der Waals surface area contributed by atoms with Gasteiger partial charge in [-0.1, -0.05) is 0 Å². The molecule has 0 radical (unpaired) electrons. The highest BCUT2D eigenvalue weighted by Gasteiger charge is 2.50. The molecule has 0 amide bonds. The van der Waals surface area contributed by atoms with E-state index < -0.39 is 28.6 Å². The number of hydrogen-bond acceptors (Lipinski definition) is 1. The summed E-state index contributed by atoms with van der Waals surface area (Å²) < 4.78 is 76.7. The van der Waals surface area contributed by atoms with E-state index in [2.05, 4.69) is 0 Å². The first-order valence-corrected chi connectivity index (χ1v) is 3.47. The first kappa shape index (κ1) is 10.9. The van der Waals surface area contributed by atoms with Gasteiger partial charge in [-0.15, -0.1) is 13.2 Å². The minimum Gasteiger partial charge on any atom is -0.609 e. The minimum atomic E-state index is -5.28. The van der Waals surface area contributed by atoms with Gasteiger partial charge in [0, 0.05) is 0 Å². The molecule has 1 atom stereocenters. The Morgan fingerprint density at radius 1 is 1.00 bits per heavy atom. The smallest absolute Gasteiger partial charge is 0.572 e. The maximum Gasteiger partial charge on any atom is 0.572 e. The van der Waals surface area contributed by atoms with Crippen molar-refractivity contribution < 1.29 is 30.9 Å². The molecule has 1 nitrogen and oxygen atoms in total. The Labute approximate surface area is 60.6 Å². The van der Waals surface area contributed by atoms with Crippen molar-refractivity contribution in [2.24, 2.45) is 0 Å². The average molecular weight is 200 g/mol. The highest BCUT2D eigenvalue weighted by atomic mass is 32.2. The summed E-state index contributed by atoms with van der Waals surface area (Å²) in [5.41, 5.74) is -5.28. The van der Waals surface area contributed by atoms with Crippen LogP contribution in [0.3, 0.4) is 0 Å². The number of halogens is 6. The van der Waals surface area contributed by atoms with Crippen LogP contribution in [0.15, 0.2) is 0 Å². The van der Waals surface area contributed by atoms with E-state index in [1.807, 2.05) is 0 Å².